The van der Waals surface area contributed by atoms with Crippen LogP contribution in [0.5, 0.6) is 0 Å². The summed E-state index contributed by atoms with van der Waals surface area (Å²) in [7, 11) is 0. The van der Waals surface area contributed by atoms with E-state index in [0.29, 0.717) is 11.4 Å². The van der Waals surface area contributed by atoms with Crippen LogP contribution in [0.3, 0.4) is 0 Å². The van der Waals surface area contributed by atoms with E-state index >= 15 is 0 Å². The summed E-state index contributed by atoms with van der Waals surface area (Å²) in [5, 5.41) is 9.44. The predicted octanol–water partition coefficient (Wildman–Crippen LogP) is 1.37. The molecule has 0 fully saturated rings. The molecule has 2 aromatic heterocycles. The van der Waals surface area contributed by atoms with Crippen molar-refractivity contribution in [2.75, 3.05) is 6.61 Å². The number of nitrogens with two attached hydrogens (primary N) is 1. The van der Waals surface area contributed by atoms with Crippen molar-refractivity contribution < 1.29 is 5.11 Å². The van der Waals surface area contributed by atoms with Gasteiger partial charge in [-0.2, -0.15) is 0 Å². The van der Waals surface area contributed by atoms with Crippen molar-refractivity contribution >= 4 is 17.2 Å². The van der Waals surface area contributed by atoms with Crippen molar-refractivity contribution in [3.8, 4) is 0 Å². The Balaban J connectivity index is 2.38. The number of fused-ring (bicyclic) bond motifs is 1. The third-order valence-corrected chi connectivity index (χ3v) is 2.48. The fraction of sp³-hybridized carbons (Fsp3) is 0.300. The predicted molar refractivity (Wildman–Crippen MR) is 58.8 cm³/mol. The average Bonchev–Trinajstić information content (AvgIpc) is 2.60. The summed E-state index contributed by atoms with van der Waals surface area (Å²) in [6, 6.07) is 3.39. The van der Waals surface area contributed by atoms with Crippen LogP contribution in [0.25, 0.3) is 5.65 Å². The molecule has 3 N–H and O–H groups in total. The van der Waals surface area contributed by atoms with Gasteiger partial charge in [0.2, 0.25) is 0 Å². The number of aliphatic hydroxyl groups is 1. The first-order chi connectivity index (χ1) is 7.20. The van der Waals surface area contributed by atoms with Crippen LogP contribution < -0.4 is 5.73 Å². The summed E-state index contributed by atoms with van der Waals surface area (Å²) in [4.78, 5) is 4.34. The number of aliphatic hydroxyl groups excluding tert-OH is 1. The quantitative estimate of drug-likeness (QED) is 0.829. The van der Waals surface area contributed by atoms with Crippen LogP contribution in [-0.2, 0) is 0 Å². The normalized spacial score (nSPS) is 13.3. The first-order valence-electron chi connectivity index (χ1n) is 4.71. The highest BCUT2D eigenvalue weighted by Crippen LogP contribution is 2.16. The SMILES string of the molecule is N[C@@H](CCO)c1cn2cc(Cl)ccc2n1. The zero-order valence-electron chi connectivity index (χ0n) is 8.10. The molecule has 0 aliphatic heterocycles. The molecule has 2 heterocycles. The van der Waals surface area contributed by atoms with Gasteiger partial charge < -0.3 is 15.2 Å². The molecule has 0 aromatic carbocycles. The van der Waals surface area contributed by atoms with E-state index < -0.39 is 0 Å². The highest BCUT2D eigenvalue weighted by Gasteiger charge is 2.09. The number of imidazole rings is 1. The molecular formula is C10H12ClN3O. The number of halogens is 1. The van der Waals surface area contributed by atoms with Gasteiger partial charge in [-0.05, 0) is 18.6 Å². The smallest absolute Gasteiger partial charge is 0.137 e. The Morgan fingerprint density at radius 3 is 3.00 bits per heavy atom. The van der Waals surface area contributed by atoms with E-state index in [9.17, 15) is 0 Å². The van der Waals surface area contributed by atoms with Crippen molar-refractivity contribution in [3.63, 3.8) is 0 Å². The molecule has 5 heteroatoms. The van der Waals surface area contributed by atoms with E-state index in [2.05, 4.69) is 4.98 Å². The van der Waals surface area contributed by atoms with Crippen LogP contribution in [0.15, 0.2) is 24.5 Å². The summed E-state index contributed by atoms with van der Waals surface area (Å²) in [6.07, 6.45) is 4.12. The molecule has 0 aliphatic rings. The Morgan fingerprint density at radius 1 is 1.47 bits per heavy atom. The maximum absolute atomic E-state index is 8.78. The zero-order valence-corrected chi connectivity index (χ0v) is 8.85. The van der Waals surface area contributed by atoms with Crippen LogP contribution in [0.1, 0.15) is 18.2 Å². The Kier molecular flexibility index (Phi) is 2.90. The van der Waals surface area contributed by atoms with Gasteiger partial charge >= 0.3 is 0 Å². The lowest BCUT2D eigenvalue weighted by atomic mass is 10.2. The lowest BCUT2D eigenvalue weighted by molar-refractivity contribution is 0.276. The van der Waals surface area contributed by atoms with Crippen molar-refractivity contribution in [3.05, 3.63) is 35.2 Å². The number of pyridine rings is 1. The van der Waals surface area contributed by atoms with Gasteiger partial charge in [0.15, 0.2) is 0 Å². The molecule has 1 atom stereocenters. The number of nitrogens with zero attached hydrogens (tertiary/aromatic N) is 2. The highest BCUT2D eigenvalue weighted by molar-refractivity contribution is 6.30. The summed E-state index contributed by atoms with van der Waals surface area (Å²) in [5.41, 5.74) is 7.42. The van der Waals surface area contributed by atoms with Gasteiger partial charge in [0.05, 0.1) is 16.8 Å². The molecule has 0 bridgehead atoms. The summed E-state index contributed by atoms with van der Waals surface area (Å²) >= 11 is 5.85. The molecule has 0 amide bonds. The molecule has 15 heavy (non-hydrogen) atoms. The molecular weight excluding hydrogens is 214 g/mol. The van der Waals surface area contributed by atoms with Crippen LogP contribution in [0.4, 0.5) is 0 Å². The van der Waals surface area contributed by atoms with Gasteiger partial charge in [0.1, 0.15) is 5.65 Å². The Bertz CT molecular complexity index is 469. The fourth-order valence-electron chi connectivity index (χ4n) is 1.45. The van der Waals surface area contributed by atoms with E-state index in [0.717, 1.165) is 11.3 Å². The number of rotatable bonds is 3. The number of hydrogen-bond donors (Lipinski definition) is 2. The van der Waals surface area contributed by atoms with Gasteiger partial charge in [-0.1, -0.05) is 11.6 Å². The maximum Gasteiger partial charge on any atom is 0.137 e. The van der Waals surface area contributed by atoms with Gasteiger partial charge in [0, 0.05) is 19.0 Å². The van der Waals surface area contributed by atoms with Gasteiger partial charge in [0.25, 0.3) is 0 Å². The Labute approximate surface area is 92.3 Å². The molecule has 0 radical (unpaired) electrons. The van der Waals surface area contributed by atoms with Crippen LogP contribution in [-0.4, -0.2) is 21.1 Å². The fourth-order valence-corrected chi connectivity index (χ4v) is 1.62. The first kappa shape index (κ1) is 10.4. The number of aromatic nitrogens is 2. The molecule has 0 spiro atoms. The molecule has 4 nitrogen and oxygen atoms in total. The van der Waals surface area contributed by atoms with Crippen molar-refractivity contribution in [2.24, 2.45) is 5.73 Å². The van der Waals surface area contributed by atoms with E-state index in [-0.39, 0.29) is 12.6 Å². The summed E-state index contributed by atoms with van der Waals surface area (Å²) in [5.74, 6) is 0. The third kappa shape index (κ3) is 2.12. The Hall–Kier alpha value is -1.10. The van der Waals surface area contributed by atoms with Gasteiger partial charge in [-0.15, -0.1) is 0 Å². The van der Waals surface area contributed by atoms with Crippen LogP contribution in [0, 0.1) is 0 Å². The van der Waals surface area contributed by atoms with Crippen LogP contribution in [0.2, 0.25) is 5.02 Å². The monoisotopic (exact) mass is 225 g/mol. The second-order valence-corrected chi connectivity index (χ2v) is 3.83. The van der Waals surface area contributed by atoms with Crippen molar-refractivity contribution in [1.82, 2.24) is 9.38 Å². The largest absolute Gasteiger partial charge is 0.396 e. The summed E-state index contributed by atoms with van der Waals surface area (Å²) in [6.45, 7) is 0.0653. The minimum atomic E-state index is -0.228. The Morgan fingerprint density at radius 2 is 2.27 bits per heavy atom. The highest BCUT2D eigenvalue weighted by atomic mass is 35.5. The standard InChI is InChI=1S/C10H12ClN3O/c11-7-1-2-10-13-9(6-14(10)5-7)8(12)3-4-15/h1-2,5-6,8,15H,3-4,12H2/t8-/m0/s1. The lowest BCUT2D eigenvalue weighted by Crippen LogP contribution is -2.12. The zero-order chi connectivity index (χ0) is 10.8. The molecule has 80 valence electrons. The molecule has 2 rings (SSSR count). The van der Waals surface area contributed by atoms with E-state index in [4.69, 9.17) is 22.4 Å². The molecule has 0 saturated heterocycles. The molecule has 0 unspecified atom stereocenters. The van der Waals surface area contributed by atoms with Crippen LogP contribution >= 0.6 is 11.6 Å². The van der Waals surface area contributed by atoms with Crippen molar-refractivity contribution in [2.45, 2.75) is 12.5 Å². The molecule has 2 aromatic rings. The second kappa shape index (κ2) is 4.18. The van der Waals surface area contributed by atoms with E-state index in [1.54, 1.807) is 12.3 Å². The topological polar surface area (TPSA) is 63.5 Å². The van der Waals surface area contributed by atoms with E-state index in [1.807, 2.05) is 16.7 Å². The van der Waals surface area contributed by atoms with Crippen molar-refractivity contribution in [1.29, 1.82) is 0 Å². The van der Waals surface area contributed by atoms with Gasteiger partial charge in [-0.3, -0.25) is 0 Å². The number of hydrogen-bond acceptors (Lipinski definition) is 3. The first-order valence-corrected chi connectivity index (χ1v) is 5.09. The lowest BCUT2D eigenvalue weighted by Gasteiger charge is -2.04. The molecule has 0 aliphatic carbocycles. The minimum absolute atomic E-state index is 0.0653. The maximum atomic E-state index is 8.78. The third-order valence-electron chi connectivity index (χ3n) is 2.25. The summed E-state index contributed by atoms with van der Waals surface area (Å²) < 4.78 is 1.83. The van der Waals surface area contributed by atoms with Gasteiger partial charge in [-0.25, -0.2) is 4.98 Å². The molecule has 0 saturated carbocycles. The van der Waals surface area contributed by atoms with E-state index in [1.165, 1.54) is 0 Å². The minimum Gasteiger partial charge on any atom is -0.396 e. The second-order valence-electron chi connectivity index (χ2n) is 3.40. The average molecular weight is 226 g/mol.